The summed E-state index contributed by atoms with van der Waals surface area (Å²) in [5, 5.41) is 16.4. The number of carbonyl (C=O) groups is 2. The second-order valence-electron chi connectivity index (χ2n) is 5.85. The highest BCUT2D eigenvalue weighted by molar-refractivity contribution is 7.14. The van der Waals surface area contributed by atoms with Gasteiger partial charge in [-0.1, -0.05) is 6.07 Å². The van der Waals surface area contributed by atoms with Gasteiger partial charge >= 0.3 is 0 Å². The zero-order chi connectivity index (χ0) is 19.9. The predicted octanol–water partition coefficient (Wildman–Crippen LogP) is 3.98. The molecule has 0 bridgehead atoms. The van der Waals surface area contributed by atoms with Gasteiger partial charge in [-0.25, -0.2) is 9.37 Å². The van der Waals surface area contributed by atoms with E-state index >= 15 is 0 Å². The Hall–Kier alpha value is -3.57. The van der Waals surface area contributed by atoms with Crippen LogP contribution in [-0.2, 0) is 11.2 Å². The second kappa shape index (κ2) is 8.88. The van der Waals surface area contributed by atoms with Crippen molar-refractivity contribution in [3.63, 3.8) is 0 Å². The summed E-state index contributed by atoms with van der Waals surface area (Å²) in [6.45, 7) is 0. The van der Waals surface area contributed by atoms with Crippen molar-refractivity contribution in [2.45, 2.75) is 12.8 Å². The molecule has 0 radical (unpaired) electrons. The molecule has 1 heterocycles. The van der Waals surface area contributed by atoms with Crippen molar-refractivity contribution in [3.8, 4) is 6.07 Å². The van der Waals surface area contributed by atoms with Gasteiger partial charge in [0.05, 0.1) is 17.3 Å². The molecule has 2 aromatic carbocycles. The van der Waals surface area contributed by atoms with E-state index in [0.29, 0.717) is 34.1 Å². The molecular weight excluding hydrogens is 379 g/mol. The van der Waals surface area contributed by atoms with Gasteiger partial charge in [-0.3, -0.25) is 14.9 Å². The standard InChI is InChI=1S/C20H15FN4O2S/c21-15-6-4-14(5-7-15)19(27)25-20-24-17(12-28-20)8-9-18(26)23-16-3-1-2-13(10-16)11-22/h1-7,10,12H,8-9H2,(H,23,26)(H,24,25,27). The number of nitrogens with one attached hydrogen (secondary N) is 2. The number of carbonyl (C=O) groups excluding carboxylic acids is 2. The molecule has 0 fully saturated rings. The number of nitrogens with zero attached hydrogens (tertiary/aromatic N) is 2. The lowest BCUT2D eigenvalue weighted by atomic mass is 10.2. The minimum atomic E-state index is -0.411. The van der Waals surface area contributed by atoms with Crippen LogP contribution in [0.2, 0.25) is 0 Å². The molecule has 2 N–H and O–H groups in total. The van der Waals surface area contributed by atoms with Crippen LogP contribution in [0, 0.1) is 17.1 Å². The summed E-state index contributed by atoms with van der Waals surface area (Å²) in [4.78, 5) is 28.5. The van der Waals surface area contributed by atoms with E-state index in [9.17, 15) is 14.0 Å². The van der Waals surface area contributed by atoms with E-state index in [1.807, 2.05) is 6.07 Å². The number of anilines is 2. The van der Waals surface area contributed by atoms with Gasteiger partial charge in [0, 0.05) is 23.1 Å². The first-order valence-electron chi connectivity index (χ1n) is 8.35. The Morgan fingerprint density at radius 1 is 1.14 bits per heavy atom. The largest absolute Gasteiger partial charge is 0.326 e. The monoisotopic (exact) mass is 394 g/mol. The second-order valence-corrected chi connectivity index (χ2v) is 6.70. The number of nitriles is 1. The lowest BCUT2D eigenvalue weighted by molar-refractivity contribution is -0.116. The average molecular weight is 394 g/mol. The third-order valence-electron chi connectivity index (χ3n) is 3.76. The Morgan fingerprint density at radius 3 is 2.68 bits per heavy atom. The molecule has 0 saturated carbocycles. The van der Waals surface area contributed by atoms with E-state index in [2.05, 4.69) is 15.6 Å². The number of hydrogen-bond donors (Lipinski definition) is 2. The van der Waals surface area contributed by atoms with Crippen LogP contribution in [0.15, 0.2) is 53.9 Å². The molecule has 2 amide bonds. The van der Waals surface area contributed by atoms with E-state index in [1.165, 1.54) is 35.6 Å². The minimum absolute atomic E-state index is 0.194. The van der Waals surface area contributed by atoms with Crippen molar-refractivity contribution in [1.29, 1.82) is 5.26 Å². The average Bonchev–Trinajstić information content (AvgIpc) is 3.14. The van der Waals surface area contributed by atoms with E-state index in [1.54, 1.807) is 29.6 Å². The Kier molecular flexibility index (Phi) is 6.09. The first kappa shape index (κ1) is 19.2. The van der Waals surface area contributed by atoms with Gasteiger partial charge in [0.1, 0.15) is 5.82 Å². The quantitative estimate of drug-likeness (QED) is 0.661. The number of rotatable bonds is 6. The highest BCUT2D eigenvalue weighted by Crippen LogP contribution is 2.18. The first-order valence-corrected chi connectivity index (χ1v) is 9.23. The number of halogens is 1. The van der Waals surface area contributed by atoms with Crippen molar-refractivity contribution >= 4 is 34.0 Å². The fraction of sp³-hybridized carbons (Fsp3) is 0.100. The highest BCUT2D eigenvalue weighted by Gasteiger charge is 2.11. The zero-order valence-electron chi connectivity index (χ0n) is 14.6. The van der Waals surface area contributed by atoms with Crippen molar-refractivity contribution in [2.24, 2.45) is 0 Å². The number of thiazole rings is 1. The Labute approximate surface area is 164 Å². The lowest BCUT2D eigenvalue weighted by Crippen LogP contribution is -2.13. The van der Waals surface area contributed by atoms with Crippen LogP contribution >= 0.6 is 11.3 Å². The molecule has 0 saturated heterocycles. The molecule has 1 aromatic heterocycles. The third-order valence-corrected chi connectivity index (χ3v) is 4.57. The molecule has 3 aromatic rings. The first-order chi connectivity index (χ1) is 13.5. The number of amides is 2. The van der Waals surface area contributed by atoms with E-state index in [4.69, 9.17) is 5.26 Å². The van der Waals surface area contributed by atoms with Crippen LogP contribution in [0.3, 0.4) is 0 Å². The lowest BCUT2D eigenvalue weighted by Gasteiger charge is -2.04. The van der Waals surface area contributed by atoms with Gasteiger partial charge in [0.25, 0.3) is 5.91 Å². The number of hydrogen-bond acceptors (Lipinski definition) is 5. The zero-order valence-corrected chi connectivity index (χ0v) is 15.4. The van der Waals surface area contributed by atoms with Crippen LogP contribution in [0.25, 0.3) is 0 Å². The maximum absolute atomic E-state index is 12.9. The molecule has 28 heavy (non-hydrogen) atoms. The molecule has 0 atom stereocenters. The fourth-order valence-electron chi connectivity index (χ4n) is 2.38. The summed E-state index contributed by atoms with van der Waals surface area (Å²) in [7, 11) is 0. The van der Waals surface area contributed by atoms with Gasteiger partial charge in [-0.15, -0.1) is 11.3 Å². The maximum atomic E-state index is 12.9. The number of benzene rings is 2. The number of aromatic nitrogens is 1. The Morgan fingerprint density at radius 2 is 1.93 bits per heavy atom. The fourth-order valence-corrected chi connectivity index (χ4v) is 3.12. The molecule has 3 rings (SSSR count). The van der Waals surface area contributed by atoms with Crippen LogP contribution in [0.4, 0.5) is 15.2 Å². The maximum Gasteiger partial charge on any atom is 0.257 e. The SMILES string of the molecule is N#Cc1cccc(NC(=O)CCc2csc(NC(=O)c3ccc(F)cc3)n2)c1. The van der Waals surface area contributed by atoms with Crippen molar-refractivity contribution in [3.05, 3.63) is 76.5 Å². The summed E-state index contributed by atoms with van der Waals surface area (Å²) in [6.07, 6.45) is 0.624. The highest BCUT2D eigenvalue weighted by atomic mass is 32.1. The summed E-state index contributed by atoms with van der Waals surface area (Å²) in [5.41, 5.74) is 2.05. The van der Waals surface area contributed by atoms with E-state index in [-0.39, 0.29) is 18.2 Å². The van der Waals surface area contributed by atoms with Crippen molar-refractivity contribution < 1.29 is 14.0 Å². The molecule has 0 aliphatic rings. The van der Waals surface area contributed by atoms with Crippen molar-refractivity contribution in [2.75, 3.05) is 10.6 Å². The van der Waals surface area contributed by atoms with Gasteiger partial charge < -0.3 is 5.32 Å². The molecular formula is C20H15FN4O2S. The van der Waals surface area contributed by atoms with E-state index < -0.39 is 5.82 Å². The van der Waals surface area contributed by atoms with Crippen LogP contribution in [0.5, 0.6) is 0 Å². The molecule has 8 heteroatoms. The topological polar surface area (TPSA) is 94.9 Å². The summed E-state index contributed by atoms with van der Waals surface area (Å²) < 4.78 is 12.9. The third kappa shape index (κ3) is 5.22. The molecule has 0 aliphatic carbocycles. The van der Waals surface area contributed by atoms with Crippen LogP contribution in [0.1, 0.15) is 28.0 Å². The number of aryl methyl sites for hydroxylation is 1. The molecule has 0 aliphatic heterocycles. The minimum Gasteiger partial charge on any atom is -0.326 e. The van der Waals surface area contributed by atoms with Gasteiger partial charge in [-0.05, 0) is 48.9 Å². The Bertz CT molecular complexity index is 1040. The summed E-state index contributed by atoms with van der Waals surface area (Å²) in [6, 6.07) is 13.9. The predicted molar refractivity (Wildman–Crippen MR) is 105 cm³/mol. The van der Waals surface area contributed by atoms with Crippen molar-refractivity contribution in [1.82, 2.24) is 4.98 Å². The summed E-state index contributed by atoms with van der Waals surface area (Å²) in [5.74, 6) is -0.985. The molecule has 0 unspecified atom stereocenters. The van der Waals surface area contributed by atoms with Crippen LogP contribution < -0.4 is 10.6 Å². The normalized spacial score (nSPS) is 10.1. The van der Waals surface area contributed by atoms with Gasteiger partial charge in [0.15, 0.2) is 5.13 Å². The molecule has 140 valence electrons. The Balaban J connectivity index is 1.51. The summed E-state index contributed by atoms with van der Waals surface area (Å²) >= 11 is 1.25. The smallest absolute Gasteiger partial charge is 0.257 e. The van der Waals surface area contributed by atoms with Gasteiger partial charge in [0.2, 0.25) is 5.91 Å². The molecule has 0 spiro atoms. The van der Waals surface area contributed by atoms with Crippen LogP contribution in [-0.4, -0.2) is 16.8 Å². The van der Waals surface area contributed by atoms with E-state index in [0.717, 1.165) is 0 Å². The van der Waals surface area contributed by atoms with Gasteiger partial charge in [-0.2, -0.15) is 5.26 Å². The molecule has 6 nitrogen and oxygen atoms in total.